The molecule has 2 N–H and O–H groups in total. The Hall–Kier alpha value is -2.76. The van der Waals surface area contributed by atoms with Gasteiger partial charge in [0.25, 0.3) is 0 Å². The summed E-state index contributed by atoms with van der Waals surface area (Å²) in [4.78, 5) is 16.7. The van der Waals surface area contributed by atoms with Crippen molar-refractivity contribution in [2.45, 2.75) is 6.92 Å². The molecule has 21 heavy (non-hydrogen) atoms. The molecular weight excluding hydrogens is 266 g/mol. The Morgan fingerprint density at radius 3 is 2.90 bits per heavy atom. The van der Waals surface area contributed by atoms with E-state index in [1.165, 1.54) is 0 Å². The van der Waals surface area contributed by atoms with Crippen LogP contribution < -0.4 is 10.2 Å². The number of carbonyl (C=O) groups excluding carboxylic acids is 1. The van der Waals surface area contributed by atoms with Crippen LogP contribution in [-0.4, -0.2) is 27.8 Å². The summed E-state index contributed by atoms with van der Waals surface area (Å²) < 4.78 is 1.84. The minimum atomic E-state index is -0.193. The second-order valence-corrected chi connectivity index (χ2v) is 5.00. The van der Waals surface area contributed by atoms with Gasteiger partial charge in [0.15, 0.2) is 0 Å². The van der Waals surface area contributed by atoms with Crippen LogP contribution in [0.3, 0.4) is 0 Å². The third-order valence-electron chi connectivity index (χ3n) is 3.66. The van der Waals surface area contributed by atoms with E-state index >= 15 is 0 Å². The molecule has 0 atom stereocenters. The Labute approximate surface area is 122 Å². The molecule has 0 bridgehead atoms. The standard InChI is InChI=1S/C15H17N5O/c1-10-13-5-4-12(8-14(13)18-20(10)3)19(2)15(21)17-11-6-7-16-9-11/h4-9,16H,1-3H3,(H,17,21). The van der Waals surface area contributed by atoms with Gasteiger partial charge in [0.05, 0.1) is 11.2 Å². The average Bonchev–Trinajstić information content (AvgIpc) is 3.07. The summed E-state index contributed by atoms with van der Waals surface area (Å²) in [5.41, 5.74) is 3.53. The molecule has 6 heteroatoms. The zero-order valence-electron chi connectivity index (χ0n) is 12.2. The van der Waals surface area contributed by atoms with E-state index in [2.05, 4.69) is 15.4 Å². The Morgan fingerprint density at radius 1 is 1.38 bits per heavy atom. The molecule has 3 aromatic rings. The first kappa shape index (κ1) is 13.2. The molecule has 0 saturated heterocycles. The molecule has 0 saturated carbocycles. The number of benzene rings is 1. The molecule has 1 aromatic carbocycles. The van der Waals surface area contributed by atoms with Gasteiger partial charge >= 0.3 is 6.03 Å². The number of nitrogens with one attached hydrogen (secondary N) is 2. The van der Waals surface area contributed by atoms with Gasteiger partial charge in [-0.25, -0.2) is 4.79 Å². The summed E-state index contributed by atoms with van der Waals surface area (Å²) in [6.07, 6.45) is 3.50. The number of anilines is 2. The SMILES string of the molecule is Cc1c2ccc(N(C)C(=O)Nc3cc[nH]c3)cc2nn1C. The fourth-order valence-corrected chi connectivity index (χ4v) is 2.25. The Morgan fingerprint density at radius 2 is 2.19 bits per heavy atom. The first-order valence-corrected chi connectivity index (χ1v) is 6.67. The van der Waals surface area contributed by atoms with Crippen LogP contribution in [0.15, 0.2) is 36.7 Å². The molecule has 0 fully saturated rings. The number of amides is 2. The maximum Gasteiger partial charge on any atom is 0.326 e. The Balaban J connectivity index is 1.87. The summed E-state index contributed by atoms with van der Waals surface area (Å²) in [6, 6.07) is 7.44. The molecular formula is C15H17N5O. The third-order valence-corrected chi connectivity index (χ3v) is 3.66. The van der Waals surface area contributed by atoms with Gasteiger partial charge in [-0.15, -0.1) is 0 Å². The third kappa shape index (κ3) is 2.35. The lowest BCUT2D eigenvalue weighted by Crippen LogP contribution is -2.30. The van der Waals surface area contributed by atoms with Gasteiger partial charge in [0.1, 0.15) is 0 Å². The minimum Gasteiger partial charge on any atom is -0.366 e. The van der Waals surface area contributed by atoms with Gasteiger partial charge < -0.3 is 10.3 Å². The lowest BCUT2D eigenvalue weighted by molar-refractivity contribution is 0.258. The molecule has 2 heterocycles. The number of H-pyrrole nitrogens is 1. The summed E-state index contributed by atoms with van der Waals surface area (Å²) >= 11 is 0. The summed E-state index contributed by atoms with van der Waals surface area (Å²) in [6.45, 7) is 2.03. The fraction of sp³-hybridized carbons (Fsp3) is 0.200. The van der Waals surface area contributed by atoms with E-state index in [9.17, 15) is 4.79 Å². The predicted octanol–water partition coefficient (Wildman–Crippen LogP) is 2.88. The van der Waals surface area contributed by atoms with E-state index in [1.54, 1.807) is 30.4 Å². The number of aromatic nitrogens is 3. The molecule has 108 valence electrons. The number of aromatic amines is 1. The number of carbonyl (C=O) groups is 1. The highest BCUT2D eigenvalue weighted by Crippen LogP contribution is 2.23. The molecule has 0 radical (unpaired) electrons. The van der Waals surface area contributed by atoms with Gasteiger partial charge in [0.2, 0.25) is 0 Å². The smallest absolute Gasteiger partial charge is 0.326 e. The van der Waals surface area contributed by atoms with Crippen molar-refractivity contribution in [3.63, 3.8) is 0 Å². The second kappa shape index (κ2) is 4.97. The van der Waals surface area contributed by atoms with Crippen LogP contribution in [0.25, 0.3) is 10.9 Å². The molecule has 3 rings (SSSR count). The van der Waals surface area contributed by atoms with Crippen molar-refractivity contribution in [3.8, 4) is 0 Å². The topological polar surface area (TPSA) is 66.0 Å². The second-order valence-electron chi connectivity index (χ2n) is 5.00. The van der Waals surface area contributed by atoms with Crippen LogP contribution in [0.4, 0.5) is 16.2 Å². The number of hydrogen-bond donors (Lipinski definition) is 2. The molecule has 0 aliphatic rings. The van der Waals surface area contributed by atoms with Gasteiger partial charge in [-0.1, -0.05) is 0 Å². The van der Waals surface area contributed by atoms with Crippen LogP contribution in [0, 0.1) is 6.92 Å². The van der Waals surface area contributed by atoms with E-state index in [4.69, 9.17) is 0 Å². The minimum absolute atomic E-state index is 0.193. The molecule has 0 spiro atoms. The number of nitrogens with zero attached hydrogens (tertiary/aromatic N) is 3. The van der Waals surface area contributed by atoms with Crippen LogP contribution >= 0.6 is 0 Å². The molecule has 0 unspecified atom stereocenters. The molecule has 0 aliphatic carbocycles. The van der Waals surface area contributed by atoms with E-state index in [1.807, 2.05) is 36.9 Å². The van der Waals surface area contributed by atoms with Crippen molar-refractivity contribution < 1.29 is 4.79 Å². The van der Waals surface area contributed by atoms with Crippen molar-refractivity contribution in [1.29, 1.82) is 0 Å². The van der Waals surface area contributed by atoms with Crippen molar-refractivity contribution in [1.82, 2.24) is 14.8 Å². The molecule has 0 aliphatic heterocycles. The zero-order chi connectivity index (χ0) is 15.0. The lowest BCUT2D eigenvalue weighted by atomic mass is 10.2. The first-order chi connectivity index (χ1) is 10.1. The van der Waals surface area contributed by atoms with Crippen molar-refractivity contribution in [2.75, 3.05) is 17.3 Å². The van der Waals surface area contributed by atoms with Crippen molar-refractivity contribution in [3.05, 3.63) is 42.4 Å². The van der Waals surface area contributed by atoms with Crippen molar-refractivity contribution in [2.24, 2.45) is 7.05 Å². The predicted molar refractivity (Wildman–Crippen MR) is 83.7 cm³/mol. The number of hydrogen-bond acceptors (Lipinski definition) is 2. The van der Waals surface area contributed by atoms with Crippen LogP contribution in [0.2, 0.25) is 0 Å². The van der Waals surface area contributed by atoms with Gasteiger partial charge in [0, 0.05) is 43.3 Å². The normalized spacial score (nSPS) is 10.8. The Bertz CT molecular complexity index is 788. The maximum absolute atomic E-state index is 12.2. The number of urea groups is 1. The zero-order valence-corrected chi connectivity index (χ0v) is 12.2. The fourth-order valence-electron chi connectivity index (χ4n) is 2.25. The monoisotopic (exact) mass is 283 g/mol. The quantitative estimate of drug-likeness (QED) is 0.759. The molecule has 2 amide bonds. The van der Waals surface area contributed by atoms with Gasteiger partial charge in [-0.3, -0.25) is 9.58 Å². The molecule has 6 nitrogen and oxygen atoms in total. The first-order valence-electron chi connectivity index (χ1n) is 6.67. The van der Waals surface area contributed by atoms with E-state index in [0.717, 1.165) is 28.0 Å². The highest BCUT2D eigenvalue weighted by Gasteiger charge is 2.13. The largest absolute Gasteiger partial charge is 0.366 e. The molecule has 2 aromatic heterocycles. The van der Waals surface area contributed by atoms with Gasteiger partial charge in [-0.05, 0) is 31.2 Å². The van der Waals surface area contributed by atoms with Crippen LogP contribution in [-0.2, 0) is 7.05 Å². The number of fused-ring (bicyclic) bond motifs is 1. The van der Waals surface area contributed by atoms with Gasteiger partial charge in [-0.2, -0.15) is 5.10 Å². The van der Waals surface area contributed by atoms with Crippen molar-refractivity contribution >= 4 is 28.3 Å². The summed E-state index contributed by atoms with van der Waals surface area (Å²) in [7, 11) is 3.65. The number of aryl methyl sites for hydroxylation is 2. The summed E-state index contributed by atoms with van der Waals surface area (Å²) in [5.74, 6) is 0. The lowest BCUT2D eigenvalue weighted by Gasteiger charge is -2.17. The van der Waals surface area contributed by atoms with E-state index in [0.29, 0.717) is 0 Å². The Kier molecular flexibility index (Phi) is 3.13. The average molecular weight is 283 g/mol. The highest BCUT2D eigenvalue weighted by atomic mass is 16.2. The van der Waals surface area contributed by atoms with E-state index < -0.39 is 0 Å². The van der Waals surface area contributed by atoms with E-state index in [-0.39, 0.29) is 6.03 Å². The summed E-state index contributed by atoms with van der Waals surface area (Å²) in [5, 5.41) is 8.36. The maximum atomic E-state index is 12.2. The van der Waals surface area contributed by atoms with Crippen LogP contribution in [0.5, 0.6) is 0 Å². The number of rotatable bonds is 2. The highest BCUT2D eigenvalue weighted by molar-refractivity contribution is 6.02. The van der Waals surface area contributed by atoms with Crippen LogP contribution in [0.1, 0.15) is 5.69 Å².